The normalized spacial score (nSPS) is 10.7. The second-order valence-corrected chi connectivity index (χ2v) is 4.66. The van der Waals surface area contributed by atoms with Crippen LogP contribution in [0.15, 0.2) is 47.1 Å². The molecular weight excluding hydrogens is 270 g/mol. The van der Waals surface area contributed by atoms with Crippen molar-refractivity contribution < 1.29 is 19.1 Å². The van der Waals surface area contributed by atoms with E-state index in [1.54, 1.807) is 18.4 Å². The Morgan fingerprint density at radius 1 is 1.24 bits per heavy atom. The van der Waals surface area contributed by atoms with E-state index in [0.29, 0.717) is 18.8 Å². The highest BCUT2D eigenvalue weighted by atomic mass is 16.5. The quantitative estimate of drug-likeness (QED) is 0.694. The fourth-order valence-electron chi connectivity index (χ4n) is 1.86. The van der Waals surface area contributed by atoms with Gasteiger partial charge in [0.25, 0.3) is 0 Å². The highest BCUT2D eigenvalue weighted by Gasteiger charge is 2.01. The van der Waals surface area contributed by atoms with Crippen molar-refractivity contribution in [2.24, 2.45) is 0 Å². The fraction of sp³-hybridized carbons (Fsp3) is 0.312. The maximum atomic E-state index is 10.7. The van der Waals surface area contributed by atoms with Crippen LogP contribution in [0, 0.1) is 0 Å². The van der Waals surface area contributed by atoms with Crippen molar-refractivity contribution in [1.82, 2.24) is 5.32 Å². The van der Waals surface area contributed by atoms with Gasteiger partial charge in [-0.2, -0.15) is 0 Å². The van der Waals surface area contributed by atoms with Crippen LogP contribution in [-0.4, -0.2) is 24.2 Å². The summed E-state index contributed by atoms with van der Waals surface area (Å²) in [6.45, 7) is 2.74. The molecule has 5 nitrogen and oxygen atoms in total. The maximum absolute atomic E-state index is 10.7. The molecule has 5 heteroatoms. The number of benzene rings is 1. The molecule has 0 aliphatic rings. The van der Waals surface area contributed by atoms with Gasteiger partial charge in [0.1, 0.15) is 12.4 Å². The van der Waals surface area contributed by atoms with Crippen LogP contribution in [0.1, 0.15) is 28.1 Å². The van der Waals surface area contributed by atoms with E-state index in [1.807, 2.05) is 24.3 Å². The zero-order chi connectivity index (χ0) is 14.9. The number of hydrogen-bond donors (Lipinski definition) is 2. The van der Waals surface area contributed by atoms with Crippen LogP contribution in [0.3, 0.4) is 0 Å². The van der Waals surface area contributed by atoms with Gasteiger partial charge in [0, 0.05) is 13.2 Å². The molecule has 0 bridgehead atoms. The number of ether oxygens (including phenoxy) is 1. The van der Waals surface area contributed by atoms with Gasteiger partial charge in [-0.25, -0.2) is 4.79 Å². The Hall–Kier alpha value is -2.11. The summed E-state index contributed by atoms with van der Waals surface area (Å²) in [7, 11) is 0. The van der Waals surface area contributed by atoms with Gasteiger partial charge in [0.2, 0.25) is 0 Å². The van der Waals surface area contributed by atoms with Crippen LogP contribution in [0.4, 0.5) is 0 Å². The van der Waals surface area contributed by atoms with E-state index < -0.39 is 5.97 Å². The smallest absolute Gasteiger partial charge is 0.335 e. The molecule has 2 aromatic rings. The summed E-state index contributed by atoms with van der Waals surface area (Å²) >= 11 is 0. The van der Waals surface area contributed by atoms with Crippen LogP contribution in [0.2, 0.25) is 0 Å². The summed E-state index contributed by atoms with van der Waals surface area (Å²) < 4.78 is 10.6. The Morgan fingerprint density at radius 2 is 2.05 bits per heavy atom. The van der Waals surface area contributed by atoms with Crippen LogP contribution in [0.5, 0.6) is 0 Å². The minimum Gasteiger partial charge on any atom is -0.478 e. The Labute approximate surface area is 123 Å². The Balaban J connectivity index is 1.54. The van der Waals surface area contributed by atoms with Crippen molar-refractivity contribution in [3.63, 3.8) is 0 Å². The van der Waals surface area contributed by atoms with Crippen molar-refractivity contribution in [2.45, 2.75) is 19.6 Å². The second kappa shape index (κ2) is 8.24. The topological polar surface area (TPSA) is 71.7 Å². The van der Waals surface area contributed by atoms with Crippen molar-refractivity contribution in [2.75, 3.05) is 13.2 Å². The molecule has 0 aliphatic heterocycles. The van der Waals surface area contributed by atoms with Crippen molar-refractivity contribution in [1.29, 1.82) is 0 Å². The zero-order valence-electron chi connectivity index (χ0n) is 11.7. The minimum absolute atomic E-state index is 0.310. The molecule has 0 unspecified atom stereocenters. The molecule has 0 amide bonds. The van der Waals surface area contributed by atoms with E-state index in [-0.39, 0.29) is 0 Å². The monoisotopic (exact) mass is 289 g/mol. The lowest BCUT2D eigenvalue weighted by atomic mass is 10.1. The van der Waals surface area contributed by atoms with E-state index in [0.717, 1.165) is 30.8 Å². The van der Waals surface area contributed by atoms with Crippen LogP contribution < -0.4 is 5.32 Å². The van der Waals surface area contributed by atoms with E-state index in [4.69, 9.17) is 14.3 Å². The first-order chi connectivity index (χ1) is 10.3. The molecule has 21 heavy (non-hydrogen) atoms. The number of hydrogen-bond acceptors (Lipinski definition) is 4. The zero-order valence-corrected chi connectivity index (χ0v) is 11.7. The van der Waals surface area contributed by atoms with E-state index in [9.17, 15) is 4.79 Å². The minimum atomic E-state index is -0.900. The van der Waals surface area contributed by atoms with E-state index in [2.05, 4.69) is 5.32 Å². The maximum Gasteiger partial charge on any atom is 0.335 e. The summed E-state index contributed by atoms with van der Waals surface area (Å²) in [4.78, 5) is 10.7. The van der Waals surface area contributed by atoms with Gasteiger partial charge < -0.3 is 19.6 Å². The first-order valence-corrected chi connectivity index (χ1v) is 6.89. The van der Waals surface area contributed by atoms with Crippen molar-refractivity contribution in [3.05, 3.63) is 59.5 Å². The predicted molar refractivity (Wildman–Crippen MR) is 78.1 cm³/mol. The number of aromatic carboxylic acids is 1. The molecule has 0 aliphatic carbocycles. The van der Waals surface area contributed by atoms with Crippen LogP contribution in [-0.2, 0) is 17.9 Å². The van der Waals surface area contributed by atoms with E-state index in [1.165, 1.54) is 0 Å². The standard InChI is InChI=1S/C16H19NO4/c18-16(19)14-6-4-13(5-7-14)11-17-8-2-9-20-12-15-3-1-10-21-15/h1,3-7,10,17H,2,8-9,11-12H2,(H,18,19). The number of rotatable bonds is 9. The second-order valence-electron chi connectivity index (χ2n) is 4.66. The lowest BCUT2D eigenvalue weighted by Gasteiger charge is -2.06. The third-order valence-electron chi connectivity index (χ3n) is 3.00. The van der Waals surface area contributed by atoms with Gasteiger partial charge in [-0.15, -0.1) is 0 Å². The average Bonchev–Trinajstić information content (AvgIpc) is 3.00. The van der Waals surface area contributed by atoms with Gasteiger partial charge in [-0.05, 0) is 42.8 Å². The van der Waals surface area contributed by atoms with E-state index >= 15 is 0 Å². The predicted octanol–water partition coefficient (Wildman–Crippen LogP) is 2.67. The summed E-state index contributed by atoms with van der Waals surface area (Å²) in [5.41, 5.74) is 1.38. The van der Waals surface area contributed by atoms with Crippen molar-refractivity contribution in [3.8, 4) is 0 Å². The molecule has 0 radical (unpaired) electrons. The summed E-state index contributed by atoms with van der Waals surface area (Å²) in [6.07, 6.45) is 2.55. The van der Waals surface area contributed by atoms with Gasteiger partial charge in [-0.1, -0.05) is 12.1 Å². The third-order valence-corrected chi connectivity index (χ3v) is 3.00. The Kier molecular flexibility index (Phi) is 5.99. The highest BCUT2D eigenvalue weighted by molar-refractivity contribution is 5.87. The SMILES string of the molecule is O=C(O)c1ccc(CNCCCOCc2ccco2)cc1. The molecule has 0 atom stereocenters. The number of furan rings is 1. The summed E-state index contributed by atoms with van der Waals surface area (Å²) in [5.74, 6) is -0.0651. The Bertz CT molecular complexity index is 534. The largest absolute Gasteiger partial charge is 0.478 e. The fourth-order valence-corrected chi connectivity index (χ4v) is 1.86. The lowest BCUT2D eigenvalue weighted by Crippen LogP contribution is -2.16. The summed E-state index contributed by atoms with van der Waals surface area (Å²) in [5, 5.41) is 12.1. The first-order valence-electron chi connectivity index (χ1n) is 6.89. The highest BCUT2D eigenvalue weighted by Crippen LogP contribution is 2.04. The third kappa shape index (κ3) is 5.41. The molecule has 1 heterocycles. The molecular formula is C16H19NO4. The first kappa shape index (κ1) is 15.3. The molecule has 1 aromatic carbocycles. The molecule has 2 rings (SSSR count). The number of carbonyl (C=O) groups is 1. The summed E-state index contributed by atoms with van der Waals surface area (Å²) in [6, 6.07) is 10.6. The van der Waals surface area contributed by atoms with Gasteiger partial charge in [0.15, 0.2) is 0 Å². The molecule has 0 fully saturated rings. The Morgan fingerprint density at radius 3 is 2.71 bits per heavy atom. The van der Waals surface area contributed by atoms with Crippen LogP contribution in [0.25, 0.3) is 0 Å². The molecule has 0 spiro atoms. The van der Waals surface area contributed by atoms with Crippen molar-refractivity contribution >= 4 is 5.97 Å². The molecule has 2 N–H and O–H groups in total. The average molecular weight is 289 g/mol. The van der Waals surface area contributed by atoms with Crippen LogP contribution >= 0.6 is 0 Å². The number of carboxylic acid groups (broad SMARTS) is 1. The number of nitrogens with one attached hydrogen (secondary N) is 1. The van der Waals surface area contributed by atoms with Gasteiger partial charge in [-0.3, -0.25) is 0 Å². The molecule has 0 saturated heterocycles. The number of carboxylic acids is 1. The van der Waals surface area contributed by atoms with Gasteiger partial charge >= 0.3 is 5.97 Å². The van der Waals surface area contributed by atoms with Gasteiger partial charge in [0.05, 0.1) is 11.8 Å². The molecule has 112 valence electrons. The lowest BCUT2D eigenvalue weighted by molar-refractivity contribution is 0.0697. The molecule has 0 saturated carbocycles. The molecule has 1 aromatic heterocycles.